The number of nitrogens with one attached hydrogen (secondary N) is 1. The summed E-state index contributed by atoms with van der Waals surface area (Å²) < 4.78 is 0. The van der Waals surface area contributed by atoms with E-state index in [1.807, 2.05) is 17.0 Å². The Hall–Kier alpha value is -2.94. The lowest BCUT2D eigenvalue weighted by molar-refractivity contribution is -0.123. The molecule has 1 aromatic heterocycles. The van der Waals surface area contributed by atoms with Crippen LogP contribution in [0, 0.1) is 0 Å². The largest absolute Gasteiger partial charge is 0.358 e. The molecule has 1 N–H and O–H groups in total. The molecular weight excluding hydrogens is 414 g/mol. The Morgan fingerprint density at radius 2 is 1.90 bits per heavy atom. The fourth-order valence-corrected chi connectivity index (χ4v) is 5.29. The Morgan fingerprint density at radius 1 is 1.10 bits per heavy atom. The molecule has 3 aliphatic rings. The zero-order valence-electron chi connectivity index (χ0n) is 17.2. The van der Waals surface area contributed by atoms with Crippen molar-refractivity contribution in [3.8, 4) is 0 Å². The van der Waals surface area contributed by atoms with Crippen molar-refractivity contribution in [2.75, 3.05) is 41.3 Å². The van der Waals surface area contributed by atoms with Gasteiger partial charge in [0.05, 0.1) is 11.4 Å². The quantitative estimate of drug-likeness (QED) is 0.792. The Bertz CT molecular complexity index is 1000. The highest BCUT2D eigenvalue weighted by molar-refractivity contribution is 7.13. The molecule has 2 aromatic rings. The first kappa shape index (κ1) is 20.0. The van der Waals surface area contributed by atoms with E-state index < -0.39 is 0 Å². The van der Waals surface area contributed by atoms with Crippen LogP contribution in [0.3, 0.4) is 0 Å². The van der Waals surface area contributed by atoms with Crippen molar-refractivity contribution in [1.82, 2.24) is 9.88 Å². The highest BCUT2D eigenvalue weighted by atomic mass is 32.1. The monoisotopic (exact) mass is 439 g/mol. The van der Waals surface area contributed by atoms with Crippen molar-refractivity contribution in [2.24, 2.45) is 0 Å². The number of hydrogen-bond donors (Lipinski definition) is 1. The van der Waals surface area contributed by atoms with Gasteiger partial charge in [-0.15, -0.1) is 11.3 Å². The average Bonchev–Trinajstić information content (AvgIpc) is 3.50. The van der Waals surface area contributed by atoms with Crippen LogP contribution >= 0.6 is 11.3 Å². The van der Waals surface area contributed by atoms with E-state index in [0.29, 0.717) is 16.4 Å². The number of amides is 3. The molecule has 3 amide bonds. The molecule has 4 heterocycles. The molecule has 0 radical (unpaired) electrons. The molecule has 5 rings (SSSR count). The molecule has 8 nitrogen and oxygen atoms in total. The number of rotatable bonds is 4. The zero-order valence-corrected chi connectivity index (χ0v) is 18.1. The molecule has 0 saturated carbocycles. The fraction of sp³-hybridized carbons (Fsp3) is 0.455. The van der Waals surface area contributed by atoms with Crippen molar-refractivity contribution in [1.29, 1.82) is 0 Å². The predicted octanol–water partition coefficient (Wildman–Crippen LogP) is 2.72. The van der Waals surface area contributed by atoms with E-state index in [0.717, 1.165) is 57.4 Å². The second-order valence-corrected chi connectivity index (χ2v) is 9.11. The molecule has 2 fully saturated rings. The SMILES string of the molecule is O=C(CN1C(=O)C2CCCCN2c2ccc(C(=O)N3CCCC3)cc21)Nc1nccs1. The van der Waals surface area contributed by atoms with E-state index in [1.54, 1.807) is 22.5 Å². The van der Waals surface area contributed by atoms with Crippen LogP contribution in [0.5, 0.6) is 0 Å². The number of hydrogen-bond acceptors (Lipinski definition) is 6. The van der Waals surface area contributed by atoms with Crippen molar-refractivity contribution in [2.45, 2.75) is 38.1 Å². The van der Waals surface area contributed by atoms with E-state index in [2.05, 4.69) is 15.2 Å². The summed E-state index contributed by atoms with van der Waals surface area (Å²) in [6.07, 6.45) is 6.46. The number of piperidine rings is 1. The van der Waals surface area contributed by atoms with Gasteiger partial charge in [0, 0.05) is 36.8 Å². The Labute approximate surface area is 184 Å². The molecule has 2 saturated heterocycles. The van der Waals surface area contributed by atoms with Gasteiger partial charge < -0.3 is 15.1 Å². The van der Waals surface area contributed by atoms with Crippen LogP contribution in [0.25, 0.3) is 0 Å². The van der Waals surface area contributed by atoms with E-state index in [-0.39, 0.29) is 30.3 Å². The van der Waals surface area contributed by atoms with Crippen LogP contribution in [0.15, 0.2) is 29.8 Å². The minimum atomic E-state index is -0.296. The normalized spacial score (nSPS) is 20.5. The summed E-state index contributed by atoms with van der Waals surface area (Å²) in [6.45, 7) is 2.24. The number of nitrogens with zero attached hydrogens (tertiary/aromatic N) is 4. The van der Waals surface area contributed by atoms with Gasteiger partial charge in [-0.3, -0.25) is 19.3 Å². The van der Waals surface area contributed by atoms with Crippen LogP contribution in [-0.2, 0) is 9.59 Å². The molecule has 0 spiro atoms. The maximum Gasteiger partial charge on any atom is 0.253 e. The first-order valence-corrected chi connectivity index (χ1v) is 11.7. The third kappa shape index (κ3) is 3.78. The minimum Gasteiger partial charge on any atom is -0.358 e. The van der Waals surface area contributed by atoms with Gasteiger partial charge in [0.15, 0.2) is 5.13 Å². The molecule has 0 bridgehead atoms. The predicted molar refractivity (Wildman–Crippen MR) is 120 cm³/mol. The van der Waals surface area contributed by atoms with Crippen molar-refractivity contribution in [3.63, 3.8) is 0 Å². The zero-order chi connectivity index (χ0) is 21.4. The first-order chi connectivity index (χ1) is 15.1. The molecule has 1 unspecified atom stereocenters. The van der Waals surface area contributed by atoms with Gasteiger partial charge in [0.25, 0.3) is 5.91 Å². The van der Waals surface area contributed by atoms with Crippen LogP contribution in [0.1, 0.15) is 42.5 Å². The third-order valence-electron chi connectivity index (χ3n) is 6.25. The summed E-state index contributed by atoms with van der Waals surface area (Å²) in [4.78, 5) is 48.7. The summed E-state index contributed by atoms with van der Waals surface area (Å²) in [5.74, 6) is -0.386. The second-order valence-electron chi connectivity index (χ2n) is 8.22. The van der Waals surface area contributed by atoms with Gasteiger partial charge in [-0.25, -0.2) is 4.98 Å². The molecule has 31 heavy (non-hydrogen) atoms. The molecule has 0 aliphatic carbocycles. The molecular formula is C22H25N5O3S. The van der Waals surface area contributed by atoms with E-state index >= 15 is 0 Å². The summed E-state index contributed by atoms with van der Waals surface area (Å²) in [5, 5.41) is 5.05. The number of benzene rings is 1. The number of aromatic nitrogens is 1. The topological polar surface area (TPSA) is 85.9 Å². The lowest BCUT2D eigenvalue weighted by Crippen LogP contribution is -2.56. The lowest BCUT2D eigenvalue weighted by atomic mass is 9.95. The Kier molecular flexibility index (Phi) is 5.35. The van der Waals surface area contributed by atoms with Gasteiger partial charge in [0.2, 0.25) is 11.8 Å². The smallest absolute Gasteiger partial charge is 0.253 e. The van der Waals surface area contributed by atoms with Gasteiger partial charge in [-0.2, -0.15) is 0 Å². The molecule has 9 heteroatoms. The summed E-state index contributed by atoms with van der Waals surface area (Å²) in [6, 6.07) is 5.33. The van der Waals surface area contributed by atoms with Gasteiger partial charge in [-0.05, 0) is 50.3 Å². The van der Waals surface area contributed by atoms with Crippen molar-refractivity contribution in [3.05, 3.63) is 35.3 Å². The molecule has 162 valence electrons. The summed E-state index contributed by atoms with van der Waals surface area (Å²) >= 11 is 1.33. The maximum absolute atomic E-state index is 13.4. The van der Waals surface area contributed by atoms with Crippen LogP contribution in [0.2, 0.25) is 0 Å². The summed E-state index contributed by atoms with van der Waals surface area (Å²) in [7, 11) is 0. The van der Waals surface area contributed by atoms with E-state index in [9.17, 15) is 14.4 Å². The van der Waals surface area contributed by atoms with E-state index in [4.69, 9.17) is 0 Å². The lowest BCUT2D eigenvalue weighted by Gasteiger charge is -2.45. The van der Waals surface area contributed by atoms with E-state index in [1.165, 1.54) is 11.3 Å². The molecule has 3 aliphatic heterocycles. The number of carbonyl (C=O) groups excluding carboxylic acids is 3. The Balaban J connectivity index is 1.47. The van der Waals surface area contributed by atoms with Crippen molar-refractivity contribution < 1.29 is 14.4 Å². The highest BCUT2D eigenvalue weighted by Crippen LogP contribution is 2.40. The Morgan fingerprint density at radius 3 is 2.68 bits per heavy atom. The minimum absolute atomic E-state index is 0.0132. The van der Waals surface area contributed by atoms with Crippen molar-refractivity contribution >= 4 is 45.6 Å². The third-order valence-corrected chi connectivity index (χ3v) is 6.94. The second kappa shape index (κ2) is 8.30. The molecule has 1 atom stereocenters. The number of anilines is 3. The van der Waals surface area contributed by atoms with Crippen LogP contribution < -0.4 is 15.1 Å². The standard InChI is InChI=1S/C22H25N5O3S/c28-19(24-22-23-8-12-31-22)14-27-18-13-15(20(29)25-9-3-4-10-25)6-7-16(18)26-11-2-1-5-17(26)21(27)30/h6-8,12-13,17H,1-5,9-11,14H2,(H,23,24,28). The number of fused-ring (bicyclic) bond motifs is 3. The number of thiazole rings is 1. The fourth-order valence-electron chi connectivity index (χ4n) is 4.74. The number of likely N-dealkylation sites (tertiary alicyclic amines) is 1. The average molecular weight is 440 g/mol. The maximum atomic E-state index is 13.4. The van der Waals surface area contributed by atoms with Gasteiger partial charge in [-0.1, -0.05) is 0 Å². The van der Waals surface area contributed by atoms with Crippen LogP contribution in [-0.4, -0.2) is 59.8 Å². The van der Waals surface area contributed by atoms with Crippen LogP contribution in [0.4, 0.5) is 16.5 Å². The molecule has 1 aromatic carbocycles. The summed E-state index contributed by atoms with van der Waals surface area (Å²) in [5.41, 5.74) is 2.13. The highest BCUT2D eigenvalue weighted by Gasteiger charge is 2.40. The van der Waals surface area contributed by atoms with Gasteiger partial charge >= 0.3 is 0 Å². The first-order valence-electron chi connectivity index (χ1n) is 10.8. The van der Waals surface area contributed by atoms with Gasteiger partial charge in [0.1, 0.15) is 12.6 Å². The number of carbonyl (C=O) groups is 3.